The summed E-state index contributed by atoms with van der Waals surface area (Å²) in [5.41, 5.74) is 0.505. The minimum Gasteiger partial charge on any atom is -0.356 e. The summed E-state index contributed by atoms with van der Waals surface area (Å²) in [6.45, 7) is 6.39. The highest BCUT2D eigenvalue weighted by atomic mass is 32.1. The molecular weight excluding hydrogens is 260 g/mol. The van der Waals surface area contributed by atoms with Crippen LogP contribution in [0, 0.1) is 0 Å². The van der Waals surface area contributed by atoms with Crippen LogP contribution in [0.1, 0.15) is 45.4 Å². The van der Waals surface area contributed by atoms with Gasteiger partial charge in [0.2, 0.25) is 11.8 Å². The topological polar surface area (TPSA) is 58.2 Å². The van der Waals surface area contributed by atoms with Crippen molar-refractivity contribution in [3.8, 4) is 0 Å². The van der Waals surface area contributed by atoms with Gasteiger partial charge in [0.15, 0.2) is 0 Å². The fourth-order valence-electron chi connectivity index (χ4n) is 1.51. The third-order valence-corrected chi connectivity index (χ3v) is 2.98. The van der Waals surface area contributed by atoms with Gasteiger partial charge in [-0.25, -0.2) is 0 Å². The maximum atomic E-state index is 11.5. The Hall–Kier alpha value is -0.970. The lowest BCUT2D eigenvalue weighted by atomic mass is 10.1. The molecular formula is C14H26N2O2S. The first-order chi connectivity index (χ1) is 9.07. The first-order valence-electron chi connectivity index (χ1n) is 6.89. The van der Waals surface area contributed by atoms with Crippen LogP contribution < -0.4 is 10.6 Å². The molecule has 4 nitrogen and oxygen atoms in total. The maximum Gasteiger partial charge on any atom is 0.246 e. The van der Waals surface area contributed by atoms with Crippen LogP contribution >= 0.6 is 12.6 Å². The van der Waals surface area contributed by atoms with Crippen molar-refractivity contribution in [3.05, 3.63) is 12.2 Å². The normalized spacial score (nSPS) is 10.0. The van der Waals surface area contributed by atoms with E-state index in [2.05, 4.69) is 29.8 Å². The van der Waals surface area contributed by atoms with Gasteiger partial charge >= 0.3 is 0 Å². The van der Waals surface area contributed by atoms with Crippen LogP contribution in [0.5, 0.6) is 0 Å². The van der Waals surface area contributed by atoms with E-state index < -0.39 is 0 Å². The van der Waals surface area contributed by atoms with Crippen LogP contribution in [0.25, 0.3) is 0 Å². The van der Waals surface area contributed by atoms with Gasteiger partial charge in [0, 0.05) is 25.1 Å². The number of hydrogen-bond acceptors (Lipinski definition) is 3. The van der Waals surface area contributed by atoms with Crippen LogP contribution in [0.4, 0.5) is 0 Å². The first kappa shape index (κ1) is 18.0. The lowest BCUT2D eigenvalue weighted by Crippen LogP contribution is -2.29. The number of carbonyl (C=O) groups excluding carboxylic acids is 2. The Morgan fingerprint density at radius 3 is 2.26 bits per heavy atom. The molecule has 19 heavy (non-hydrogen) atoms. The molecule has 0 saturated carbocycles. The van der Waals surface area contributed by atoms with Crippen molar-refractivity contribution in [2.45, 2.75) is 45.4 Å². The summed E-state index contributed by atoms with van der Waals surface area (Å²) in [7, 11) is 0. The van der Waals surface area contributed by atoms with Crippen LogP contribution in [0.3, 0.4) is 0 Å². The molecule has 0 aromatic heterocycles. The van der Waals surface area contributed by atoms with Gasteiger partial charge in [-0.3, -0.25) is 9.59 Å². The third-order valence-electron chi connectivity index (χ3n) is 2.66. The summed E-state index contributed by atoms with van der Waals surface area (Å²) in [6.07, 6.45) is 5.61. The molecule has 0 aliphatic heterocycles. The van der Waals surface area contributed by atoms with E-state index >= 15 is 0 Å². The second kappa shape index (κ2) is 12.1. The molecule has 2 N–H and O–H groups in total. The predicted octanol–water partition coefficient (Wildman–Crippen LogP) is 2.07. The molecule has 0 heterocycles. The summed E-state index contributed by atoms with van der Waals surface area (Å²) in [4.78, 5) is 22.6. The van der Waals surface area contributed by atoms with Crippen molar-refractivity contribution in [2.75, 3.05) is 18.8 Å². The number of amides is 2. The average Bonchev–Trinajstić information content (AvgIpc) is 2.37. The van der Waals surface area contributed by atoms with Gasteiger partial charge in [-0.2, -0.15) is 12.6 Å². The quantitative estimate of drug-likeness (QED) is 0.309. The molecule has 110 valence electrons. The lowest BCUT2D eigenvalue weighted by Gasteiger charge is -2.06. The van der Waals surface area contributed by atoms with E-state index in [1.54, 1.807) is 6.92 Å². The summed E-state index contributed by atoms with van der Waals surface area (Å²) >= 11 is 4.14. The molecule has 0 fully saturated rings. The number of carbonyl (C=O) groups is 2. The lowest BCUT2D eigenvalue weighted by molar-refractivity contribution is -0.121. The van der Waals surface area contributed by atoms with E-state index in [1.165, 1.54) is 0 Å². The number of unbranched alkanes of at least 4 members (excludes halogenated alkanes) is 3. The first-order valence-corrected chi connectivity index (χ1v) is 7.52. The van der Waals surface area contributed by atoms with Gasteiger partial charge in [-0.05, 0) is 31.9 Å². The fourth-order valence-corrected chi connectivity index (χ4v) is 1.73. The molecule has 0 aromatic carbocycles. The van der Waals surface area contributed by atoms with E-state index in [-0.39, 0.29) is 11.8 Å². The minimum atomic E-state index is -0.129. The molecule has 0 unspecified atom stereocenters. The molecule has 0 aromatic rings. The van der Waals surface area contributed by atoms with E-state index in [1.807, 2.05) is 0 Å². The molecule has 0 saturated heterocycles. The van der Waals surface area contributed by atoms with Crippen molar-refractivity contribution < 1.29 is 9.59 Å². The highest BCUT2D eigenvalue weighted by molar-refractivity contribution is 7.80. The molecule has 0 spiro atoms. The predicted molar refractivity (Wildman–Crippen MR) is 82.4 cm³/mol. The van der Waals surface area contributed by atoms with Crippen LogP contribution in [0.15, 0.2) is 12.2 Å². The Morgan fingerprint density at radius 1 is 1.00 bits per heavy atom. The molecule has 5 heteroatoms. The molecule has 0 aliphatic carbocycles. The van der Waals surface area contributed by atoms with Crippen molar-refractivity contribution >= 4 is 24.4 Å². The molecule has 2 amide bonds. The Labute approximate surface area is 121 Å². The van der Waals surface area contributed by atoms with E-state index in [4.69, 9.17) is 0 Å². The van der Waals surface area contributed by atoms with Gasteiger partial charge < -0.3 is 10.6 Å². The highest BCUT2D eigenvalue weighted by Crippen LogP contribution is 2.03. The van der Waals surface area contributed by atoms with Crippen molar-refractivity contribution in [3.63, 3.8) is 0 Å². The zero-order chi connectivity index (χ0) is 14.5. The molecule has 0 aliphatic rings. The average molecular weight is 286 g/mol. The Morgan fingerprint density at radius 2 is 1.63 bits per heavy atom. The van der Waals surface area contributed by atoms with Crippen molar-refractivity contribution in [2.24, 2.45) is 0 Å². The number of hydrogen-bond donors (Lipinski definition) is 3. The SMILES string of the molecule is C=C(C)C(=O)NCCCNC(=O)CCCCCCS. The van der Waals surface area contributed by atoms with E-state index in [0.29, 0.717) is 25.1 Å². The van der Waals surface area contributed by atoms with E-state index in [0.717, 1.165) is 37.9 Å². The summed E-state index contributed by atoms with van der Waals surface area (Å²) in [6, 6.07) is 0. The Balaban J connectivity index is 3.34. The second-order valence-electron chi connectivity index (χ2n) is 4.63. The molecule has 0 bridgehead atoms. The van der Waals surface area contributed by atoms with Gasteiger partial charge in [-0.15, -0.1) is 0 Å². The molecule has 0 atom stereocenters. The van der Waals surface area contributed by atoms with Crippen molar-refractivity contribution in [1.29, 1.82) is 0 Å². The van der Waals surface area contributed by atoms with Gasteiger partial charge in [0.05, 0.1) is 0 Å². The zero-order valence-corrected chi connectivity index (χ0v) is 12.7. The standard InChI is InChI=1S/C14H26N2O2S/c1-12(2)14(18)16-10-7-9-15-13(17)8-5-3-4-6-11-19/h19H,1,3-11H2,2H3,(H,15,17)(H,16,18). The van der Waals surface area contributed by atoms with Gasteiger partial charge in [0.1, 0.15) is 0 Å². The Bertz CT molecular complexity index is 293. The van der Waals surface area contributed by atoms with Crippen LogP contribution in [-0.2, 0) is 9.59 Å². The zero-order valence-electron chi connectivity index (χ0n) is 11.8. The summed E-state index contributed by atoms with van der Waals surface area (Å²) in [5.74, 6) is 0.884. The van der Waals surface area contributed by atoms with E-state index in [9.17, 15) is 9.59 Å². The number of thiol groups is 1. The fraction of sp³-hybridized carbons (Fsp3) is 0.714. The van der Waals surface area contributed by atoms with Gasteiger partial charge in [-0.1, -0.05) is 19.4 Å². The van der Waals surface area contributed by atoms with Crippen molar-refractivity contribution in [1.82, 2.24) is 10.6 Å². The smallest absolute Gasteiger partial charge is 0.246 e. The van der Waals surface area contributed by atoms with Gasteiger partial charge in [0.25, 0.3) is 0 Å². The molecule has 0 rings (SSSR count). The molecule has 0 radical (unpaired) electrons. The minimum absolute atomic E-state index is 0.0945. The second-order valence-corrected chi connectivity index (χ2v) is 5.07. The Kier molecular flexibility index (Phi) is 11.5. The third kappa shape index (κ3) is 11.8. The van der Waals surface area contributed by atoms with Crippen LogP contribution in [0.2, 0.25) is 0 Å². The summed E-state index contributed by atoms with van der Waals surface area (Å²) < 4.78 is 0. The monoisotopic (exact) mass is 286 g/mol. The highest BCUT2D eigenvalue weighted by Gasteiger charge is 2.02. The maximum absolute atomic E-state index is 11.5. The largest absolute Gasteiger partial charge is 0.356 e. The summed E-state index contributed by atoms with van der Waals surface area (Å²) in [5, 5.41) is 5.57. The number of rotatable bonds is 11. The number of nitrogens with one attached hydrogen (secondary N) is 2. The van der Waals surface area contributed by atoms with Crippen LogP contribution in [-0.4, -0.2) is 30.7 Å².